The van der Waals surface area contributed by atoms with Crippen LogP contribution in [0.4, 0.5) is 22.0 Å². The number of hydrogen-bond acceptors (Lipinski definition) is 2. The van der Waals surface area contributed by atoms with Crippen molar-refractivity contribution in [3.63, 3.8) is 0 Å². The maximum absolute atomic E-state index is 12.8. The topological polar surface area (TPSA) is 26.3 Å². The third kappa shape index (κ3) is 2.92. The van der Waals surface area contributed by atoms with E-state index >= 15 is 0 Å². The van der Waals surface area contributed by atoms with Gasteiger partial charge in [0.1, 0.15) is 6.61 Å². The zero-order valence-electron chi connectivity index (χ0n) is 8.30. The first-order valence-corrected chi connectivity index (χ1v) is 4.38. The molecular weight excluding hydrogens is 247 g/mol. The van der Waals surface area contributed by atoms with E-state index in [1.165, 1.54) is 0 Å². The minimum Gasteiger partial charge on any atom is -0.463 e. The minimum absolute atomic E-state index is 0.151. The highest BCUT2D eigenvalue weighted by Crippen LogP contribution is 2.43. The van der Waals surface area contributed by atoms with Gasteiger partial charge in [-0.15, -0.1) is 0 Å². The molecule has 17 heavy (non-hydrogen) atoms. The lowest BCUT2D eigenvalue weighted by Crippen LogP contribution is -2.33. The van der Waals surface area contributed by atoms with Crippen molar-refractivity contribution in [2.45, 2.75) is 18.7 Å². The Balaban J connectivity index is 2.91. The van der Waals surface area contributed by atoms with Crippen LogP contribution in [0.3, 0.4) is 0 Å². The molecule has 1 rings (SSSR count). The Hall–Kier alpha value is -1.66. The Morgan fingerprint density at radius 2 is 1.59 bits per heavy atom. The fourth-order valence-electron chi connectivity index (χ4n) is 1.10. The summed E-state index contributed by atoms with van der Waals surface area (Å²) in [7, 11) is 0. The molecule has 0 unspecified atom stereocenters. The molecule has 2 nitrogen and oxygen atoms in total. The first-order chi connectivity index (χ1) is 7.79. The van der Waals surface area contributed by atoms with Gasteiger partial charge in [-0.2, -0.15) is 22.0 Å². The van der Waals surface area contributed by atoms with Gasteiger partial charge in [0.25, 0.3) is 6.47 Å². The summed E-state index contributed by atoms with van der Waals surface area (Å²) < 4.78 is 66.0. The van der Waals surface area contributed by atoms with E-state index in [0.29, 0.717) is 17.7 Å². The number of halogens is 5. The maximum atomic E-state index is 12.8. The zero-order valence-corrected chi connectivity index (χ0v) is 8.30. The first kappa shape index (κ1) is 13.4. The van der Waals surface area contributed by atoms with E-state index in [0.717, 1.165) is 12.1 Å². The molecule has 0 radical (unpaired) electrons. The van der Waals surface area contributed by atoms with Crippen molar-refractivity contribution in [1.29, 1.82) is 0 Å². The summed E-state index contributed by atoms with van der Waals surface area (Å²) in [5.74, 6) is -4.89. The van der Waals surface area contributed by atoms with Crippen molar-refractivity contribution < 1.29 is 31.5 Å². The van der Waals surface area contributed by atoms with Gasteiger partial charge in [0.15, 0.2) is 0 Å². The van der Waals surface area contributed by atoms with E-state index in [1.807, 2.05) is 0 Å². The summed E-state index contributed by atoms with van der Waals surface area (Å²) in [6.45, 7) is -0.0282. The molecule has 0 aliphatic carbocycles. The zero-order chi connectivity index (χ0) is 13.1. The van der Waals surface area contributed by atoms with E-state index in [9.17, 15) is 26.7 Å². The highest BCUT2D eigenvalue weighted by Gasteiger charge is 2.58. The maximum Gasteiger partial charge on any atom is 0.458 e. The summed E-state index contributed by atoms with van der Waals surface area (Å²) in [5, 5.41) is 0. The fourth-order valence-corrected chi connectivity index (χ4v) is 1.10. The molecule has 0 N–H and O–H groups in total. The van der Waals surface area contributed by atoms with E-state index < -0.39 is 17.7 Å². The Kier molecular flexibility index (Phi) is 3.69. The van der Waals surface area contributed by atoms with Crippen LogP contribution in [-0.4, -0.2) is 12.6 Å². The van der Waals surface area contributed by atoms with E-state index in [4.69, 9.17) is 0 Å². The normalized spacial score (nSPS) is 12.3. The van der Waals surface area contributed by atoms with Gasteiger partial charge < -0.3 is 4.74 Å². The Morgan fingerprint density at radius 1 is 1.06 bits per heavy atom. The van der Waals surface area contributed by atoms with Crippen molar-refractivity contribution in [2.75, 3.05) is 0 Å². The molecule has 0 bridgehead atoms. The summed E-state index contributed by atoms with van der Waals surface area (Å²) in [5.41, 5.74) is -0.835. The van der Waals surface area contributed by atoms with Gasteiger partial charge in [0.05, 0.1) is 0 Å². The molecule has 0 aromatic heterocycles. The van der Waals surface area contributed by atoms with E-state index in [-0.39, 0.29) is 13.1 Å². The van der Waals surface area contributed by atoms with E-state index in [1.54, 1.807) is 0 Å². The molecule has 0 aliphatic heterocycles. The van der Waals surface area contributed by atoms with Crippen molar-refractivity contribution in [1.82, 2.24) is 0 Å². The number of alkyl halides is 5. The predicted molar refractivity (Wildman–Crippen MR) is 47.2 cm³/mol. The number of ether oxygens (including phenoxy) is 1. The molecule has 0 aliphatic rings. The molecule has 0 amide bonds. The van der Waals surface area contributed by atoms with Crippen LogP contribution in [0.15, 0.2) is 24.3 Å². The lowest BCUT2D eigenvalue weighted by Gasteiger charge is -2.19. The molecule has 1 aromatic rings. The molecule has 0 spiro atoms. The highest BCUT2D eigenvalue weighted by molar-refractivity contribution is 5.37. The minimum atomic E-state index is -5.63. The predicted octanol–water partition coefficient (Wildman–Crippen LogP) is 3.01. The van der Waals surface area contributed by atoms with Crippen molar-refractivity contribution in [3.8, 4) is 0 Å². The number of carbonyl (C=O) groups is 1. The van der Waals surface area contributed by atoms with Gasteiger partial charge in [0, 0.05) is 5.56 Å². The Labute approximate surface area is 93.0 Å². The first-order valence-electron chi connectivity index (χ1n) is 4.38. The summed E-state index contributed by atoms with van der Waals surface area (Å²) >= 11 is 0. The van der Waals surface area contributed by atoms with Crippen LogP contribution in [0.2, 0.25) is 0 Å². The monoisotopic (exact) mass is 254 g/mol. The summed E-state index contributed by atoms with van der Waals surface area (Å²) in [4.78, 5) is 9.84. The Bertz CT molecular complexity index is 383. The summed E-state index contributed by atoms with van der Waals surface area (Å²) in [6, 6.07) is 3.38. The van der Waals surface area contributed by atoms with Gasteiger partial charge in [-0.1, -0.05) is 24.3 Å². The molecular formula is C10H7F5O2. The lowest BCUT2D eigenvalue weighted by atomic mass is 10.1. The van der Waals surface area contributed by atoms with Crippen molar-refractivity contribution in [2.24, 2.45) is 0 Å². The highest BCUT2D eigenvalue weighted by atomic mass is 19.4. The Morgan fingerprint density at radius 3 is 2.00 bits per heavy atom. The molecule has 0 atom stereocenters. The molecule has 0 fully saturated rings. The van der Waals surface area contributed by atoms with Crippen molar-refractivity contribution in [3.05, 3.63) is 35.4 Å². The third-order valence-electron chi connectivity index (χ3n) is 1.99. The van der Waals surface area contributed by atoms with E-state index in [2.05, 4.69) is 4.74 Å². The fraction of sp³-hybridized carbons (Fsp3) is 0.300. The van der Waals surface area contributed by atoms with Gasteiger partial charge in [-0.25, -0.2) is 0 Å². The lowest BCUT2D eigenvalue weighted by molar-refractivity contribution is -0.289. The second-order valence-corrected chi connectivity index (χ2v) is 3.18. The average molecular weight is 254 g/mol. The second kappa shape index (κ2) is 4.68. The number of benzene rings is 1. The van der Waals surface area contributed by atoms with Crippen LogP contribution < -0.4 is 0 Å². The molecule has 7 heteroatoms. The van der Waals surface area contributed by atoms with Crippen LogP contribution in [0.1, 0.15) is 11.1 Å². The SMILES string of the molecule is O=COCc1ccc(C(F)(F)C(F)(F)F)cc1. The second-order valence-electron chi connectivity index (χ2n) is 3.18. The van der Waals surface area contributed by atoms with Gasteiger partial charge in [0.2, 0.25) is 0 Å². The quantitative estimate of drug-likeness (QED) is 0.609. The van der Waals surface area contributed by atoms with Crippen LogP contribution in [0.5, 0.6) is 0 Å². The van der Waals surface area contributed by atoms with Gasteiger partial charge in [-0.3, -0.25) is 4.79 Å². The molecule has 0 heterocycles. The molecule has 94 valence electrons. The standard InChI is InChI=1S/C10H7F5O2/c11-9(12,10(13,14)15)8-3-1-7(2-4-8)5-17-6-16/h1-4,6H,5H2. The molecule has 1 aromatic carbocycles. The number of rotatable bonds is 4. The average Bonchev–Trinajstić information content (AvgIpc) is 2.25. The molecule has 0 saturated carbocycles. The van der Waals surface area contributed by atoms with Crippen LogP contribution in [-0.2, 0) is 22.1 Å². The van der Waals surface area contributed by atoms with Crippen LogP contribution in [0.25, 0.3) is 0 Å². The summed E-state index contributed by atoms with van der Waals surface area (Å²) in [6.07, 6.45) is -5.63. The molecule has 0 saturated heterocycles. The third-order valence-corrected chi connectivity index (χ3v) is 1.99. The van der Waals surface area contributed by atoms with Crippen molar-refractivity contribution >= 4 is 6.47 Å². The van der Waals surface area contributed by atoms with Crippen LogP contribution >= 0.6 is 0 Å². The number of carbonyl (C=O) groups excluding carboxylic acids is 1. The number of hydrogen-bond donors (Lipinski definition) is 0. The van der Waals surface area contributed by atoms with Gasteiger partial charge in [-0.05, 0) is 5.56 Å². The van der Waals surface area contributed by atoms with Gasteiger partial charge >= 0.3 is 12.1 Å². The van der Waals surface area contributed by atoms with Crippen LogP contribution in [0, 0.1) is 0 Å². The largest absolute Gasteiger partial charge is 0.463 e. The smallest absolute Gasteiger partial charge is 0.458 e.